The third-order valence-electron chi connectivity index (χ3n) is 10.2. The number of benzene rings is 5. The number of nitrogens with two attached hydrogens (primary N) is 2. The fourth-order valence-electron chi connectivity index (χ4n) is 6.79. The Bertz CT molecular complexity index is 3310. The molecule has 6 aromatic rings. The molecule has 0 fully saturated rings. The lowest BCUT2D eigenvalue weighted by Crippen LogP contribution is -2.33. The SMILES string of the molecule is NCCNCCNCCNc1nc(NCCNCCNCCN)nc(Nc2cc3c(O)c(/N=N/c4ccc(/N=N/c5ccc(C(=O)O)cc5)c5ccc(S(=O)(=O)O)cc45)c(S(=O)(=O)O)cc3cc2S(=O)(=O)O)n1. The number of anilines is 4. The van der Waals surface area contributed by atoms with Gasteiger partial charge < -0.3 is 58.9 Å². The smallest absolute Gasteiger partial charge is 0.335 e. The number of carboxylic acid groups (broad SMARTS) is 1. The van der Waals surface area contributed by atoms with Gasteiger partial charge in [-0.05, 0) is 72.1 Å². The molecule has 0 saturated carbocycles. The first-order chi connectivity index (χ1) is 34.8. The van der Waals surface area contributed by atoms with Crippen molar-refractivity contribution in [3.05, 3.63) is 78.4 Å². The first kappa shape index (κ1) is 55.3. The Balaban J connectivity index is 1.38. The number of hydrogen-bond donors (Lipinski definition) is 14. The zero-order chi connectivity index (χ0) is 52.8. The number of aromatic nitrogens is 3. The lowest BCUT2D eigenvalue weighted by Gasteiger charge is -2.15. The molecule has 0 bridgehead atoms. The number of aromatic carboxylic acids is 1. The monoisotopic (exact) mass is 1070 g/mol. The van der Waals surface area contributed by atoms with E-state index in [1.54, 1.807) is 0 Å². The van der Waals surface area contributed by atoms with Crippen LogP contribution in [-0.2, 0) is 30.4 Å². The number of nitrogens with one attached hydrogen (secondary N) is 7. The van der Waals surface area contributed by atoms with Crippen LogP contribution in [0.1, 0.15) is 10.4 Å². The normalized spacial score (nSPS) is 12.3. The topological polar surface area (TPSA) is 445 Å². The van der Waals surface area contributed by atoms with E-state index < -0.39 is 68.1 Å². The summed E-state index contributed by atoms with van der Waals surface area (Å²) in [5.41, 5.74) is 9.96. The van der Waals surface area contributed by atoms with Crippen LogP contribution in [0, 0.1) is 0 Å². The van der Waals surface area contributed by atoms with Crippen LogP contribution in [0.2, 0.25) is 0 Å². The van der Waals surface area contributed by atoms with Gasteiger partial charge in [0.05, 0.1) is 33.2 Å². The molecule has 0 saturated heterocycles. The van der Waals surface area contributed by atoms with E-state index in [1.165, 1.54) is 42.5 Å². The molecule has 0 amide bonds. The number of phenols is 1. The number of carboxylic acids is 1. The Hall–Kier alpha value is -7.01. The number of rotatable bonds is 28. The highest BCUT2D eigenvalue weighted by Crippen LogP contribution is 2.45. The molecule has 0 unspecified atom stereocenters. The molecule has 0 aliphatic carbocycles. The van der Waals surface area contributed by atoms with Crippen LogP contribution in [0.3, 0.4) is 0 Å². The molecule has 0 radical (unpaired) electrons. The van der Waals surface area contributed by atoms with E-state index in [2.05, 4.69) is 72.6 Å². The van der Waals surface area contributed by atoms with Gasteiger partial charge >= 0.3 is 5.97 Å². The summed E-state index contributed by atoms with van der Waals surface area (Å²) >= 11 is 0. The second-order valence-corrected chi connectivity index (χ2v) is 19.7. The third-order valence-corrected chi connectivity index (χ3v) is 12.9. The van der Waals surface area contributed by atoms with Gasteiger partial charge in [0.1, 0.15) is 15.5 Å². The zero-order valence-corrected chi connectivity index (χ0v) is 41.0. The molecule has 31 heteroatoms. The first-order valence-corrected chi connectivity index (χ1v) is 26.3. The second-order valence-electron chi connectivity index (χ2n) is 15.5. The van der Waals surface area contributed by atoms with Gasteiger partial charge in [-0.25, -0.2) is 4.79 Å². The molecule has 390 valence electrons. The van der Waals surface area contributed by atoms with E-state index in [9.17, 15) is 53.9 Å². The maximum Gasteiger partial charge on any atom is 0.335 e. The number of carbonyl (C=O) groups is 1. The van der Waals surface area contributed by atoms with E-state index in [-0.39, 0.29) is 62.0 Å². The maximum atomic E-state index is 12.9. The number of nitrogens with zero attached hydrogens (tertiary/aromatic N) is 7. The van der Waals surface area contributed by atoms with Crippen LogP contribution >= 0.6 is 0 Å². The molecule has 28 nitrogen and oxygen atoms in total. The van der Waals surface area contributed by atoms with Gasteiger partial charge in [0.2, 0.25) is 17.8 Å². The minimum atomic E-state index is -5.30. The van der Waals surface area contributed by atoms with E-state index in [4.69, 9.17) is 11.5 Å². The fourth-order valence-corrected chi connectivity index (χ4v) is 8.62. The van der Waals surface area contributed by atoms with Gasteiger partial charge in [-0.2, -0.15) is 45.3 Å². The Labute approximate surface area is 417 Å². The number of azo groups is 2. The maximum absolute atomic E-state index is 12.9. The molecule has 0 aliphatic heterocycles. The van der Waals surface area contributed by atoms with Crippen LogP contribution in [0.5, 0.6) is 5.75 Å². The molecule has 1 heterocycles. The summed E-state index contributed by atoms with van der Waals surface area (Å²) in [4.78, 5) is 22.0. The Morgan fingerprint density at radius 3 is 1.58 bits per heavy atom. The van der Waals surface area contributed by atoms with Crippen molar-refractivity contribution in [2.75, 3.05) is 94.5 Å². The summed E-state index contributed by atoms with van der Waals surface area (Å²) in [6, 6.07) is 14.0. The average molecular weight is 1070 g/mol. The fraction of sp³-hybridized carbons (Fsp3) is 0.286. The van der Waals surface area contributed by atoms with Crippen molar-refractivity contribution in [2.45, 2.75) is 14.7 Å². The van der Waals surface area contributed by atoms with Crippen molar-refractivity contribution >= 4 is 104 Å². The van der Waals surface area contributed by atoms with Gasteiger partial charge in [-0.15, -0.1) is 15.3 Å². The zero-order valence-electron chi connectivity index (χ0n) is 38.5. The molecule has 6 rings (SSSR count). The molecule has 16 N–H and O–H groups in total. The van der Waals surface area contributed by atoms with Gasteiger partial charge in [-0.1, -0.05) is 6.07 Å². The van der Waals surface area contributed by atoms with Gasteiger partial charge in [-0.3, -0.25) is 13.7 Å². The lowest BCUT2D eigenvalue weighted by molar-refractivity contribution is 0.0696. The van der Waals surface area contributed by atoms with E-state index in [0.29, 0.717) is 78.5 Å². The summed E-state index contributed by atoms with van der Waals surface area (Å²) in [5.74, 6) is -2.25. The number of fused-ring (bicyclic) bond motifs is 2. The summed E-state index contributed by atoms with van der Waals surface area (Å²) in [6.07, 6.45) is 0. The van der Waals surface area contributed by atoms with E-state index in [0.717, 1.165) is 30.3 Å². The van der Waals surface area contributed by atoms with Crippen LogP contribution in [0.15, 0.2) is 108 Å². The summed E-state index contributed by atoms with van der Waals surface area (Å²) in [5, 5.41) is 58.6. The minimum absolute atomic E-state index is 0.00151. The van der Waals surface area contributed by atoms with Crippen molar-refractivity contribution in [2.24, 2.45) is 31.9 Å². The summed E-state index contributed by atoms with van der Waals surface area (Å²) in [6.45, 7) is 6.61. The molecule has 0 atom stereocenters. The predicted octanol–water partition coefficient (Wildman–Crippen LogP) is 3.00. The van der Waals surface area contributed by atoms with Crippen LogP contribution in [0.4, 0.5) is 46.3 Å². The Kier molecular flexibility index (Phi) is 19.0. The minimum Gasteiger partial charge on any atom is -0.505 e. The number of hydrogen-bond acceptors (Lipinski definition) is 24. The molecule has 0 spiro atoms. The standard InChI is InChI=1S/C42H52N16O12S3/c43-9-11-45-13-15-47-17-19-49-40-52-41(50-20-18-48-16-14-46-12-10-44)54-42(53-40)51-34-24-30-26(21-35(34)72(65,66)67)22-36(73(68,69)70)37(38(30)59)58-57-33-8-7-32(29-6-5-28(23-31(29)33)71(62,63)64)56-55-27-3-1-25(2-4-27)39(60)61/h1-8,21-24,45-48,59H,9-20,43-44H2,(H,60,61)(H,62,63,64)(H,65,66,67)(H,68,69,70)(H3,49,50,51,52,53,54)/b56-55+,58-57+. The number of phenolic OH excluding ortho intramolecular Hbond substituents is 1. The molecular formula is C42H52N16O12S3. The van der Waals surface area contributed by atoms with Crippen molar-refractivity contribution in [1.29, 1.82) is 0 Å². The molecule has 1 aromatic heterocycles. The molecule has 5 aromatic carbocycles. The van der Waals surface area contributed by atoms with Crippen molar-refractivity contribution in [3.8, 4) is 5.75 Å². The third kappa shape index (κ3) is 15.5. The summed E-state index contributed by atoms with van der Waals surface area (Å²) < 4.78 is 107. The second kappa shape index (κ2) is 25.1. The van der Waals surface area contributed by atoms with Gasteiger partial charge in [0.25, 0.3) is 30.4 Å². The van der Waals surface area contributed by atoms with Crippen molar-refractivity contribution in [1.82, 2.24) is 36.2 Å². The van der Waals surface area contributed by atoms with Crippen molar-refractivity contribution < 1.29 is 53.9 Å². The molecule has 73 heavy (non-hydrogen) atoms. The predicted molar refractivity (Wildman–Crippen MR) is 270 cm³/mol. The van der Waals surface area contributed by atoms with Gasteiger partial charge in [0.15, 0.2) is 5.75 Å². The van der Waals surface area contributed by atoms with Crippen molar-refractivity contribution in [3.63, 3.8) is 0 Å². The first-order valence-electron chi connectivity index (χ1n) is 22.0. The van der Waals surface area contributed by atoms with Crippen LogP contribution in [-0.4, -0.2) is 149 Å². The Morgan fingerprint density at radius 1 is 0.534 bits per heavy atom. The quantitative estimate of drug-likeness (QED) is 0.0191. The van der Waals surface area contributed by atoms with E-state index in [1.807, 2.05) is 0 Å². The highest BCUT2D eigenvalue weighted by molar-refractivity contribution is 7.86. The van der Waals surface area contributed by atoms with Crippen LogP contribution < -0.4 is 48.7 Å². The highest BCUT2D eigenvalue weighted by atomic mass is 32.2. The van der Waals surface area contributed by atoms with Crippen LogP contribution in [0.25, 0.3) is 21.5 Å². The van der Waals surface area contributed by atoms with Gasteiger partial charge in [0, 0.05) is 94.7 Å². The summed E-state index contributed by atoms with van der Waals surface area (Å²) in [7, 11) is -15.2. The average Bonchev–Trinajstić information content (AvgIpc) is 3.33. The highest BCUT2D eigenvalue weighted by Gasteiger charge is 2.26. The molecule has 0 aliphatic rings. The largest absolute Gasteiger partial charge is 0.505 e. The Morgan fingerprint density at radius 2 is 1.04 bits per heavy atom. The number of aromatic hydroxyl groups is 1. The van der Waals surface area contributed by atoms with E-state index >= 15 is 0 Å². The molecular weight excluding hydrogens is 1020 g/mol. The lowest BCUT2D eigenvalue weighted by atomic mass is 10.1.